The molecule has 0 saturated heterocycles. The summed E-state index contributed by atoms with van der Waals surface area (Å²) in [5, 5.41) is 0. The highest BCUT2D eigenvalue weighted by molar-refractivity contribution is 6.12. The Balaban J connectivity index is 4.76. The lowest BCUT2D eigenvalue weighted by molar-refractivity contribution is -0.155. The van der Waals surface area contributed by atoms with Crippen LogP contribution in [0.25, 0.3) is 0 Å². The van der Waals surface area contributed by atoms with Gasteiger partial charge in [-0.05, 0) is 32.2 Å². The van der Waals surface area contributed by atoms with E-state index in [0.29, 0.717) is 32.2 Å². The molecule has 6 heteroatoms. The van der Waals surface area contributed by atoms with Crippen LogP contribution in [0.2, 0.25) is 0 Å². The van der Waals surface area contributed by atoms with Gasteiger partial charge in [-0.25, -0.2) is 4.90 Å². The summed E-state index contributed by atoms with van der Waals surface area (Å²) in [4.78, 5) is 38.8. The van der Waals surface area contributed by atoms with Gasteiger partial charge in [-0.15, -0.1) is 0 Å². The maximum Gasteiger partial charge on any atom is 0.252 e. The molecule has 0 aromatic carbocycles. The second-order valence-corrected chi connectivity index (χ2v) is 7.68. The van der Waals surface area contributed by atoms with E-state index in [1.165, 1.54) is 0 Å². The highest BCUT2D eigenvalue weighted by Gasteiger charge is 2.31. The number of hydrogen-bond donors (Lipinski definition) is 2. The lowest BCUT2D eigenvalue weighted by atomic mass is 10.1. The first-order valence-electron chi connectivity index (χ1n) is 11.3. The Morgan fingerprint density at radius 3 is 1.61 bits per heavy atom. The van der Waals surface area contributed by atoms with Crippen LogP contribution in [0.5, 0.6) is 0 Å². The van der Waals surface area contributed by atoms with Crippen LogP contribution in [0.4, 0.5) is 0 Å². The molecule has 4 N–H and O–H groups in total. The third-order valence-corrected chi connectivity index (χ3v) is 4.99. The van der Waals surface area contributed by atoms with Crippen LogP contribution < -0.4 is 11.5 Å². The monoisotopic (exact) mass is 397 g/mol. The first-order chi connectivity index (χ1) is 13.5. The molecule has 0 saturated carbocycles. The fourth-order valence-electron chi connectivity index (χ4n) is 3.17. The fourth-order valence-corrected chi connectivity index (χ4v) is 3.17. The van der Waals surface area contributed by atoms with Gasteiger partial charge in [-0.1, -0.05) is 71.6 Å². The van der Waals surface area contributed by atoms with E-state index in [1.54, 1.807) is 0 Å². The van der Waals surface area contributed by atoms with Crippen LogP contribution in [-0.4, -0.2) is 35.2 Å². The standard InChI is InChI=1S/C22H43N3O3/c1-3-5-7-9-11-16-20(26)25(21(27)17-12-10-8-6-4-2)22(28)19(24)15-13-14-18-23/h19H,3-18,23-24H2,1-2H3/t19-/m0/s1. The zero-order valence-corrected chi connectivity index (χ0v) is 18.2. The number of unbranched alkanes of at least 4 members (excludes halogenated alkanes) is 9. The molecule has 0 spiro atoms. The number of nitrogens with zero attached hydrogens (tertiary/aromatic N) is 1. The molecule has 3 amide bonds. The molecule has 0 unspecified atom stereocenters. The molecule has 0 heterocycles. The zero-order valence-electron chi connectivity index (χ0n) is 18.2. The number of imide groups is 3. The van der Waals surface area contributed by atoms with Crippen molar-refractivity contribution in [1.82, 2.24) is 4.90 Å². The summed E-state index contributed by atoms with van der Waals surface area (Å²) in [6.07, 6.45) is 12.4. The van der Waals surface area contributed by atoms with E-state index >= 15 is 0 Å². The maximum atomic E-state index is 12.7. The SMILES string of the molecule is CCCCCCCC(=O)N(C(=O)CCCCCCC)C(=O)[C@@H](N)CCCCN. The Kier molecular flexibility index (Phi) is 17.0. The van der Waals surface area contributed by atoms with Gasteiger partial charge in [0.2, 0.25) is 11.8 Å². The van der Waals surface area contributed by atoms with Crippen molar-refractivity contribution in [2.45, 2.75) is 116 Å². The second-order valence-electron chi connectivity index (χ2n) is 7.68. The molecule has 0 fully saturated rings. The first-order valence-corrected chi connectivity index (χ1v) is 11.3. The molecule has 1 atom stereocenters. The van der Waals surface area contributed by atoms with E-state index in [2.05, 4.69) is 13.8 Å². The Bertz CT molecular complexity index is 415. The zero-order chi connectivity index (χ0) is 21.2. The molecule has 0 bridgehead atoms. The van der Waals surface area contributed by atoms with Crippen molar-refractivity contribution in [2.24, 2.45) is 11.5 Å². The lowest BCUT2D eigenvalue weighted by Crippen LogP contribution is -2.49. The molecule has 0 aliphatic carbocycles. The number of carbonyl (C=O) groups is 3. The van der Waals surface area contributed by atoms with E-state index < -0.39 is 23.8 Å². The summed E-state index contributed by atoms with van der Waals surface area (Å²) in [6, 6.07) is -0.820. The third kappa shape index (κ3) is 12.2. The molecular formula is C22H43N3O3. The van der Waals surface area contributed by atoms with Crippen LogP contribution in [-0.2, 0) is 14.4 Å². The van der Waals surface area contributed by atoms with Crippen molar-refractivity contribution in [3.8, 4) is 0 Å². The molecule has 28 heavy (non-hydrogen) atoms. The highest BCUT2D eigenvalue weighted by atomic mass is 16.2. The summed E-state index contributed by atoms with van der Waals surface area (Å²) < 4.78 is 0. The number of carbonyl (C=O) groups excluding carboxylic acids is 3. The maximum absolute atomic E-state index is 12.7. The Labute approximate surface area is 171 Å². The summed E-state index contributed by atoms with van der Waals surface area (Å²) >= 11 is 0. The predicted molar refractivity (Wildman–Crippen MR) is 114 cm³/mol. The van der Waals surface area contributed by atoms with E-state index in [-0.39, 0.29) is 12.8 Å². The summed E-state index contributed by atoms with van der Waals surface area (Å²) in [5.74, 6) is -1.34. The second kappa shape index (κ2) is 17.8. The van der Waals surface area contributed by atoms with Gasteiger partial charge in [-0.3, -0.25) is 14.4 Å². The predicted octanol–water partition coefficient (Wildman–Crippen LogP) is 4.05. The minimum atomic E-state index is -0.820. The molecule has 0 radical (unpaired) electrons. The van der Waals surface area contributed by atoms with E-state index in [9.17, 15) is 14.4 Å². The van der Waals surface area contributed by atoms with Crippen LogP contribution in [0.15, 0.2) is 0 Å². The van der Waals surface area contributed by atoms with E-state index in [0.717, 1.165) is 62.7 Å². The Morgan fingerprint density at radius 1 is 0.714 bits per heavy atom. The van der Waals surface area contributed by atoms with Gasteiger partial charge in [0, 0.05) is 12.8 Å². The largest absolute Gasteiger partial charge is 0.330 e. The lowest BCUT2D eigenvalue weighted by Gasteiger charge is -2.22. The Hall–Kier alpha value is -1.27. The van der Waals surface area contributed by atoms with Crippen molar-refractivity contribution in [3.05, 3.63) is 0 Å². The van der Waals surface area contributed by atoms with Crippen molar-refractivity contribution >= 4 is 17.7 Å². The molecule has 6 nitrogen and oxygen atoms in total. The van der Waals surface area contributed by atoms with Gasteiger partial charge >= 0.3 is 0 Å². The number of amides is 3. The average molecular weight is 398 g/mol. The summed E-state index contributed by atoms with van der Waals surface area (Å²) in [6.45, 7) is 4.81. The average Bonchev–Trinajstić information content (AvgIpc) is 2.67. The van der Waals surface area contributed by atoms with Gasteiger partial charge in [-0.2, -0.15) is 0 Å². The van der Waals surface area contributed by atoms with E-state index in [4.69, 9.17) is 11.5 Å². The van der Waals surface area contributed by atoms with Gasteiger partial charge < -0.3 is 11.5 Å². The molecular weight excluding hydrogens is 354 g/mol. The van der Waals surface area contributed by atoms with Crippen LogP contribution in [0.1, 0.15) is 110 Å². The summed E-state index contributed by atoms with van der Waals surface area (Å²) in [5.41, 5.74) is 11.5. The third-order valence-electron chi connectivity index (χ3n) is 4.99. The van der Waals surface area contributed by atoms with Gasteiger partial charge in [0.15, 0.2) is 0 Å². The molecule has 164 valence electrons. The molecule has 0 aromatic heterocycles. The van der Waals surface area contributed by atoms with Crippen molar-refractivity contribution in [3.63, 3.8) is 0 Å². The topological polar surface area (TPSA) is 106 Å². The van der Waals surface area contributed by atoms with Crippen LogP contribution in [0.3, 0.4) is 0 Å². The minimum Gasteiger partial charge on any atom is -0.330 e. The quantitative estimate of drug-likeness (QED) is 0.360. The molecule has 0 aliphatic rings. The van der Waals surface area contributed by atoms with Crippen LogP contribution in [0, 0.1) is 0 Å². The van der Waals surface area contributed by atoms with Gasteiger partial charge in [0.25, 0.3) is 5.91 Å². The summed E-state index contributed by atoms with van der Waals surface area (Å²) in [7, 11) is 0. The number of nitrogens with two attached hydrogens (primary N) is 2. The van der Waals surface area contributed by atoms with Crippen molar-refractivity contribution < 1.29 is 14.4 Å². The fraction of sp³-hybridized carbons (Fsp3) is 0.864. The number of hydrogen-bond acceptors (Lipinski definition) is 5. The molecule has 0 aliphatic heterocycles. The Morgan fingerprint density at radius 2 is 1.18 bits per heavy atom. The van der Waals surface area contributed by atoms with Crippen molar-refractivity contribution in [2.75, 3.05) is 6.54 Å². The van der Waals surface area contributed by atoms with Crippen molar-refractivity contribution in [1.29, 1.82) is 0 Å². The van der Waals surface area contributed by atoms with Crippen LogP contribution >= 0.6 is 0 Å². The molecule has 0 aromatic rings. The normalized spacial score (nSPS) is 12.0. The van der Waals surface area contributed by atoms with E-state index in [1.807, 2.05) is 0 Å². The minimum absolute atomic E-state index is 0.229. The highest BCUT2D eigenvalue weighted by Crippen LogP contribution is 2.13. The van der Waals surface area contributed by atoms with Gasteiger partial charge in [0.1, 0.15) is 0 Å². The first kappa shape index (κ1) is 26.7. The smallest absolute Gasteiger partial charge is 0.252 e. The number of rotatable bonds is 17. The van der Waals surface area contributed by atoms with Gasteiger partial charge in [0.05, 0.1) is 6.04 Å². The molecule has 0 rings (SSSR count).